The van der Waals surface area contributed by atoms with Crippen LogP contribution in [-0.4, -0.2) is 33.2 Å². The van der Waals surface area contributed by atoms with Gasteiger partial charge in [0, 0.05) is 18.7 Å². The van der Waals surface area contributed by atoms with Gasteiger partial charge in [0.15, 0.2) is 0 Å². The van der Waals surface area contributed by atoms with Crippen LogP contribution in [0.3, 0.4) is 0 Å². The SMILES string of the molecule is CC(C)C[C@@H]1CCCCCN1C(=O)c1ccc(=O)n(-c2ccc(F)cc2)n1. The molecule has 6 heteroatoms. The maximum Gasteiger partial charge on any atom is 0.274 e. The van der Waals surface area contributed by atoms with Crippen LogP contribution >= 0.6 is 0 Å². The minimum Gasteiger partial charge on any atom is -0.334 e. The van der Waals surface area contributed by atoms with Gasteiger partial charge in [-0.2, -0.15) is 9.78 Å². The first kappa shape index (κ1) is 19.3. The number of hydrogen-bond acceptors (Lipinski definition) is 3. The van der Waals surface area contributed by atoms with Gasteiger partial charge in [0.2, 0.25) is 0 Å². The maximum atomic E-state index is 13.2. The van der Waals surface area contributed by atoms with E-state index in [1.807, 2.05) is 4.90 Å². The molecule has 1 aromatic carbocycles. The summed E-state index contributed by atoms with van der Waals surface area (Å²) in [5.74, 6) is -0.0249. The zero-order chi connectivity index (χ0) is 19.4. The second-order valence-electron chi connectivity index (χ2n) is 7.58. The van der Waals surface area contributed by atoms with Gasteiger partial charge < -0.3 is 4.90 Å². The predicted octanol–water partition coefficient (Wildman–Crippen LogP) is 3.80. The van der Waals surface area contributed by atoms with E-state index in [9.17, 15) is 14.0 Å². The molecule has 3 rings (SSSR count). The Labute approximate surface area is 158 Å². The van der Waals surface area contributed by atoms with Gasteiger partial charge in [-0.1, -0.05) is 26.7 Å². The van der Waals surface area contributed by atoms with Crippen molar-refractivity contribution in [3.8, 4) is 5.69 Å². The van der Waals surface area contributed by atoms with Crippen molar-refractivity contribution in [2.24, 2.45) is 5.92 Å². The van der Waals surface area contributed by atoms with Gasteiger partial charge in [-0.3, -0.25) is 9.59 Å². The largest absolute Gasteiger partial charge is 0.334 e. The molecule has 0 unspecified atom stereocenters. The average Bonchev–Trinajstić information content (AvgIpc) is 2.87. The van der Waals surface area contributed by atoms with E-state index in [0.29, 0.717) is 18.2 Å². The van der Waals surface area contributed by atoms with Crippen molar-refractivity contribution >= 4 is 5.91 Å². The van der Waals surface area contributed by atoms with E-state index in [2.05, 4.69) is 18.9 Å². The Hall–Kier alpha value is -2.50. The van der Waals surface area contributed by atoms with Crippen LogP contribution in [0.4, 0.5) is 4.39 Å². The van der Waals surface area contributed by atoms with Gasteiger partial charge in [-0.25, -0.2) is 4.39 Å². The first-order chi connectivity index (χ1) is 13.0. The Morgan fingerprint density at radius 2 is 1.89 bits per heavy atom. The number of amides is 1. The number of benzene rings is 1. The highest BCUT2D eigenvalue weighted by Crippen LogP contribution is 2.23. The topological polar surface area (TPSA) is 55.2 Å². The monoisotopic (exact) mass is 371 g/mol. The van der Waals surface area contributed by atoms with Gasteiger partial charge in [0.05, 0.1) is 5.69 Å². The lowest BCUT2D eigenvalue weighted by atomic mass is 9.98. The minimum absolute atomic E-state index is 0.140. The lowest BCUT2D eigenvalue weighted by molar-refractivity contribution is 0.0653. The number of nitrogens with zero attached hydrogens (tertiary/aromatic N) is 3. The van der Waals surface area contributed by atoms with Crippen LogP contribution in [0.2, 0.25) is 0 Å². The molecule has 1 saturated heterocycles. The van der Waals surface area contributed by atoms with E-state index in [-0.39, 0.29) is 29.0 Å². The van der Waals surface area contributed by atoms with E-state index in [1.165, 1.54) is 36.4 Å². The van der Waals surface area contributed by atoms with Crippen molar-refractivity contribution in [2.45, 2.75) is 52.0 Å². The van der Waals surface area contributed by atoms with Gasteiger partial charge in [0.1, 0.15) is 11.5 Å². The molecular weight excluding hydrogens is 345 g/mol. The van der Waals surface area contributed by atoms with Crippen LogP contribution in [-0.2, 0) is 0 Å². The molecule has 5 nitrogen and oxygen atoms in total. The molecule has 0 bridgehead atoms. The van der Waals surface area contributed by atoms with Crippen LogP contribution in [0.1, 0.15) is 56.4 Å². The molecule has 144 valence electrons. The van der Waals surface area contributed by atoms with Gasteiger partial charge >= 0.3 is 0 Å². The molecule has 0 radical (unpaired) electrons. The normalized spacial score (nSPS) is 17.8. The van der Waals surface area contributed by atoms with Crippen molar-refractivity contribution in [1.82, 2.24) is 14.7 Å². The Morgan fingerprint density at radius 3 is 2.59 bits per heavy atom. The Bertz CT molecular complexity index is 845. The van der Waals surface area contributed by atoms with Crippen molar-refractivity contribution < 1.29 is 9.18 Å². The summed E-state index contributed by atoms with van der Waals surface area (Å²) in [6, 6.07) is 8.53. The third-order valence-electron chi connectivity index (χ3n) is 4.97. The summed E-state index contributed by atoms with van der Waals surface area (Å²) in [5.41, 5.74) is 0.327. The second-order valence-corrected chi connectivity index (χ2v) is 7.58. The highest BCUT2D eigenvalue weighted by molar-refractivity contribution is 5.92. The summed E-state index contributed by atoms with van der Waals surface area (Å²) < 4.78 is 14.3. The molecule has 0 aliphatic carbocycles. The number of halogens is 1. The summed E-state index contributed by atoms with van der Waals surface area (Å²) in [7, 11) is 0. The summed E-state index contributed by atoms with van der Waals surface area (Å²) >= 11 is 0. The van der Waals surface area contributed by atoms with E-state index in [4.69, 9.17) is 0 Å². The smallest absolute Gasteiger partial charge is 0.274 e. The summed E-state index contributed by atoms with van der Waals surface area (Å²) in [4.78, 5) is 27.3. The average molecular weight is 371 g/mol. The van der Waals surface area contributed by atoms with Crippen LogP contribution in [0.25, 0.3) is 5.69 Å². The maximum absolute atomic E-state index is 13.2. The van der Waals surface area contributed by atoms with Crippen LogP contribution < -0.4 is 5.56 Å². The van der Waals surface area contributed by atoms with Crippen molar-refractivity contribution in [1.29, 1.82) is 0 Å². The van der Waals surface area contributed by atoms with Crippen molar-refractivity contribution in [3.05, 3.63) is 58.3 Å². The van der Waals surface area contributed by atoms with E-state index >= 15 is 0 Å². The molecule has 1 aromatic heterocycles. The standard InChI is InChI=1S/C21H26FN3O2/c1-15(2)14-18-6-4-3-5-13-24(18)21(27)19-11-12-20(26)25(23-19)17-9-7-16(22)8-10-17/h7-12,15,18H,3-6,13-14H2,1-2H3/t18-/m0/s1. The molecular formula is C21H26FN3O2. The number of carbonyl (C=O) groups excluding carboxylic acids is 1. The van der Waals surface area contributed by atoms with E-state index < -0.39 is 0 Å². The number of rotatable bonds is 4. The highest BCUT2D eigenvalue weighted by atomic mass is 19.1. The van der Waals surface area contributed by atoms with Crippen molar-refractivity contribution in [3.63, 3.8) is 0 Å². The van der Waals surface area contributed by atoms with Gasteiger partial charge in [-0.05, 0) is 55.5 Å². The predicted molar refractivity (Wildman–Crippen MR) is 103 cm³/mol. The molecule has 27 heavy (non-hydrogen) atoms. The van der Waals surface area contributed by atoms with Gasteiger partial charge in [-0.15, -0.1) is 0 Å². The molecule has 0 N–H and O–H groups in total. The third kappa shape index (κ3) is 4.62. The number of hydrogen-bond donors (Lipinski definition) is 0. The molecule has 1 atom stereocenters. The number of likely N-dealkylation sites (tertiary alicyclic amines) is 1. The molecule has 1 fully saturated rings. The fraction of sp³-hybridized carbons (Fsp3) is 0.476. The molecule has 1 amide bonds. The summed E-state index contributed by atoms with van der Waals surface area (Å²) in [6.07, 6.45) is 5.20. The molecule has 0 spiro atoms. The lowest BCUT2D eigenvalue weighted by Gasteiger charge is -2.31. The fourth-order valence-electron chi connectivity index (χ4n) is 3.67. The summed E-state index contributed by atoms with van der Waals surface area (Å²) in [5, 5.41) is 4.28. The van der Waals surface area contributed by atoms with Gasteiger partial charge in [0.25, 0.3) is 11.5 Å². The summed E-state index contributed by atoms with van der Waals surface area (Å²) in [6.45, 7) is 5.05. The Kier molecular flexibility index (Phi) is 6.04. The van der Waals surface area contributed by atoms with E-state index in [1.54, 1.807) is 0 Å². The number of aromatic nitrogens is 2. The van der Waals surface area contributed by atoms with Crippen LogP contribution in [0.15, 0.2) is 41.2 Å². The molecule has 2 aromatic rings. The minimum atomic E-state index is -0.389. The molecule has 1 aliphatic heterocycles. The van der Waals surface area contributed by atoms with Crippen molar-refractivity contribution in [2.75, 3.05) is 6.54 Å². The zero-order valence-electron chi connectivity index (χ0n) is 15.9. The second kappa shape index (κ2) is 8.46. The molecule has 2 heterocycles. The Morgan fingerprint density at radius 1 is 1.15 bits per heavy atom. The first-order valence-corrected chi connectivity index (χ1v) is 9.63. The number of carbonyl (C=O) groups is 1. The fourth-order valence-corrected chi connectivity index (χ4v) is 3.67. The third-order valence-corrected chi connectivity index (χ3v) is 4.97. The lowest BCUT2D eigenvalue weighted by Crippen LogP contribution is -2.41. The molecule has 1 aliphatic rings. The highest BCUT2D eigenvalue weighted by Gasteiger charge is 2.28. The quantitative estimate of drug-likeness (QED) is 0.821. The van der Waals surface area contributed by atoms with Crippen LogP contribution in [0.5, 0.6) is 0 Å². The first-order valence-electron chi connectivity index (χ1n) is 9.63. The van der Waals surface area contributed by atoms with E-state index in [0.717, 1.165) is 36.8 Å². The molecule has 0 saturated carbocycles. The zero-order valence-corrected chi connectivity index (χ0v) is 15.9. The van der Waals surface area contributed by atoms with Crippen LogP contribution in [0, 0.1) is 11.7 Å². The Balaban J connectivity index is 1.92.